The number of sulfone groups is 1. The molecule has 0 spiro atoms. The maximum Gasteiger partial charge on any atom is 0.184 e. The van der Waals surface area contributed by atoms with E-state index in [1.165, 1.54) is 23.5 Å². The lowest BCUT2D eigenvalue weighted by Crippen LogP contribution is -2.04. The van der Waals surface area contributed by atoms with Gasteiger partial charge in [-0.2, -0.15) is 0 Å². The molecule has 0 aliphatic carbocycles. The van der Waals surface area contributed by atoms with Crippen LogP contribution < -0.4 is 0 Å². The number of nitrogens with zero attached hydrogens (tertiary/aromatic N) is 1. The Bertz CT molecular complexity index is 821. The van der Waals surface area contributed by atoms with Gasteiger partial charge in [-0.05, 0) is 36.4 Å². The van der Waals surface area contributed by atoms with Gasteiger partial charge in [0.25, 0.3) is 0 Å². The monoisotopic (exact) mass is 323 g/mol. The van der Waals surface area contributed by atoms with Crippen molar-refractivity contribution < 1.29 is 8.42 Å². The third-order valence-electron chi connectivity index (χ3n) is 2.82. The van der Waals surface area contributed by atoms with E-state index in [0.29, 0.717) is 10.0 Å². The summed E-state index contributed by atoms with van der Waals surface area (Å²) in [7, 11) is -3.39. The summed E-state index contributed by atoms with van der Waals surface area (Å²) >= 11 is 7.18. The molecule has 102 valence electrons. The van der Waals surface area contributed by atoms with Crippen LogP contribution >= 0.6 is 22.9 Å². The molecule has 0 saturated carbocycles. The van der Waals surface area contributed by atoms with E-state index in [1.54, 1.807) is 12.1 Å². The Morgan fingerprint density at radius 3 is 2.45 bits per heavy atom. The van der Waals surface area contributed by atoms with Gasteiger partial charge in [0.05, 0.1) is 15.1 Å². The molecule has 1 aromatic heterocycles. The van der Waals surface area contributed by atoms with Gasteiger partial charge in [-0.3, -0.25) is 0 Å². The zero-order chi connectivity index (χ0) is 14.2. The third-order valence-corrected chi connectivity index (χ3v) is 5.94. The molecule has 0 radical (unpaired) electrons. The highest BCUT2D eigenvalue weighted by atomic mass is 35.5. The summed E-state index contributed by atoms with van der Waals surface area (Å²) in [5.74, 6) is -0.0893. The Balaban J connectivity index is 1.94. The fraction of sp³-hybridized carbons (Fsp3) is 0.0714. The SMILES string of the molecule is O=S(=O)(Cc1nc2ccccc2s1)c1ccc(Cl)cc1. The Morgan fingerprint density at radius 1 is 1.05 bits per heavy atom. The molecule has 3 nitrogen and oxygen atoms in total. The van der Waals surface area contributed by atoms with Crippen LogP contribution in [0.2, 0.25) is 5.02 Å². The van der Waals surface area contributed by atoms with E-state index in [9.17, 15) is 8.42 Å². The molecule has 0 saturated heterocycles. The summed E-state index contributed by atoms with van der Waals surface area (Å²) in [4.78, 5) is 4.62. The second kappa shape index (κ2) is 5.16. The average Bonchev–Trinajstić information content (AvgIpc) is 2.80. The van der Waals surface area contributed by atoms with Crippen molar-refractivity contribution in [1.29, 1.82) is 0 Å². The number of thiazole rings is 1. The first-order valence-electron chi connectivity index (χ1n) is 5.87. The molecule has 0 atom stereocenters. The van der Waals surface area contributed by atoms with Crippen LogP contribution in [0.3, 0.4) is 0 Å². The molecule has 20 heavy (non-hydrogen) atoms. The van der Waals surface area contributed by atoms with Crippen LogP contribution in [0.25, 0.3) is 10.2 Å². The number of aromatic nitrogens is 1. The van der Waals surface area contributed by atoms with Crippen LogP contribution in [-0.4, -0.2) is 13.4 Å². The van der Waals surface area contributed by atoms with E-state index in [4.69, 9.17) is 11.6 Å². The Morgan fingerprint density at radius 2 is 1.75 bits per heavy atom. The van der Waals surface area contributed by atoms with Gasteiger partial charge in [0.2, 0.25) is 0 Å². The molecular weight excluding hydrogens is 314 g/mol. The second-order valence-electron chi connectivity index (χ2n) is 4.29. The molecule has 0 aliphatic rings. The van der Waals surface area contributed by atoms with Gasteiger partial charge in [-0.1, -0.05) is 23.7 Å². The van der Waals surface area contributed by atoms with Crippen molar-refractivity contribution in [1.82, 2.24) is 4.98 Å². The zero-order valence-corrected chi connectivity index (χ0v) is 12.7. The molecule has 3 aromatic rings. The number of halogens is 1. The standard InChI is InChI=1S/C14H10ClNO2S2/c15-10-5-7-11(8-6-10)20(17,18)9-14-16-12-3-1-2-4-13(12)19-14/h1-8H,9H2. The molecule has 2 aromatic carbocycles. The Kier molecular flexibility index (Phi) is 3.50. The number of para-hydroxylation sites is 1. The highest BCUT2D eigenvalue weighted by Gasteiger charge is 2.17. The van der Waals surface area contributed by atoms with Gasteiger partial charge in [-0.15, -0.1) is 11.3 Å². The summed E-state index contributed by atoms with van der Waals surface area (Å²) in [6.45, 7) is 0. The lowest BCUT2D eigenvalue weighted by Gasteiger charge is -2.02. The predicted molar refractivity (Wildman–Crippen MR) is 82.0 cm³/mol. The summed E-state index contributed by atoms with van der Waals surface area (Å²) in [5.41, 5.74) is 0.832. The number of hydrogen-bond donors (Lipinski definition) is 0. The third kappa shape index (κ3) is 2.70. The minimum Gasteiger partial charge on any atom is -0.240 e. The van der Waals surface area contributed by atoms with Crippen molar-refractivity contribution in [3.05, 3.63) is 58.6 Å². The summed E-state index contributed by atoms with van der Waals surface area (Å²) in [6.07, 6.45) is 0. The van der Waals surface area contributed by atoms with E-state index in [2.05, 4.69) is 4.98 Å². The van der Waals surface area contributed by atoms with Gasteiger partial charge in [0, 0.05) is 5.02 Å². The van der Waals surface area contributed by atoms with Crippen LogP contribution in [0.15, 0.2) is 53.4 Å². The van der Waals surface area contributed by atoms with E-state index < -0.39 is 9.84 Å². The van der Waals surface area contributed by atoms with E-state index >= 15 is 0 Å². The molecular formula is C14H10ClNO2S2. The first-order chi connectivity index (χ1) is 9.54. The first kappa shape index (κ1) is 13.5. The molecule has 0 aliphatic heterocycles. The molecule has 0 N–H and O–H groups in total. The van der Waals surface area contributed by atoms with Gasteiger partial charge < -0.3 is 0 Å². The summed E-state index contributed by atoms with van der Waals surface area (Å²) in [5, 5.41) is 1.12. The summed E-state index contributed by atoms with van der Waals surface area (Å²) in [6, 6.07) is 13.8. The fourth-order valence-electron chi connectivity index (χ4n) is 1.87. The van der Waals surface area contributed by atoms with Crippen molar-refractivity contribution >= 4 is 43.0 Å². The maximum absolute atomic E-state index is 12.3. The maximum atomic E-state index is 12.3. The highest BCUT2D eigenvalue weighted by Crippen LogP contribution is 2.25. The van der Waals surface area contributed by atoms with E-state index in [-0.39, 0.29) is 10.6 Å². The lowest BCUT2D eigenvalue weighted by atomic mass is 10.3. The Hall–Kier alpha value is -1.43. The quantitative estimate of drug-likeness (QED) is 0.734. The van der Waals surface area contributed by atoms with Crippen molar-refractivity contribution in [2.75, 3.05) is 0 Å². The molecule has 1 heterocycles. The minimum absolute atomic E-state index is 0.0893. The summed E-state index contributed by atoms with van der Waals surface area (Å²) < 4.78 is 25.6. The largest absolute Gasteiger partial charge is 0.240 e. The average molecular weight is 324 g/mol. The number of hydrogen-bond acceptors (Lipinski definition) is 4. The first-order valence-corrected chi connectivity index (χ1v) is 8.72. The molecule has 6 heteroatoms. The molecule has 0 fully saturated rings. The number of fused-ring (bicyclic) bond motifs is 1. The minimum atomic E-state index is -3.39. The van der Waals surface area contributed by atoms with Gasteiger partial charge >= 0.3 is 0 Å². The molecule has 3 rings (SSSR count). The van der Waals surface area contributed by atoms with Crippen LogP contribution in [0.1, 0.15) is 5.01 Å². The van der Waals surface area contributed by atoms with Crippen LogP contribution in [0, 0.1) is 0 Å². The van der Waals surface area contributed by atoms with E-state index in [1.807, 2.05) is 24.3 Å². The van der Waals surface area contributed by atoms with E-state index in [0.717, 1.165) is 10.2 Å². The fourth-order valence-corrected chi connectivity index (χ4v) is 4.57. The smallest absolute Gasteiger partial charge is 0.184 e. The highest BCUT2D eigenvalue weighted by molar-refractivity contribution is 7.90. The molecule has 0 amide bonds. The van der Waals surface area contributed by atoms with Crippen molar-refractivity contribution in [3.63, 3.8) is 0 Å². The van der Waals surface area contributed by atoms with Crippen LogP contribution in [-0.2, 0) is 15.6 Å². The van der Waals surface area contributed by atoms with Gasteiger partial charge in [0.15, 0.2) is 9.84 Å². The van der Waals surface area contributed by atoms with Crippen molar-refractivity contribution in [2.24, 2.45) is 0 Å². The lowest BCUT2D eigenvalue weighted by molar-refractivity contribution is 0.595. The normalized spacial score (nSPS) is 11.8. The predicted octanol–water partition coefficient (Wildman–Crippen LogP) is 3.92. The molecule has 0 unspecified atom stereocenters. The second-order valence-corrected chi connectivity index (χ2v) is 7.83. The van der Waals surface area contributed by atoms with Gasteiger partial charge in [0.1, 0.15) is 10.8 Å². The zero-order valence-electron chi connectivity index (χ0n) is 10.3. The van der Waals surface area contributed by atoms with Gasteiger partial charge in [-0.25, -0.2) is 13.4 Å². The number of rotatable bonds is 3. The topological polar surface area (TPSA) is 47.0 Å². The van der Waals surface area contributed by atoms with Crippen LogP contribution in [0.4, 0.5) is 0 Å². The Labute approximate surface area is 125 Å². The van der Waals surface area contributed by atoms with Crippen LogP contribution in [0.5, 0.6) is 0 Å². The van der Waals surface area contributed by atoms with Crippen molar-refractivity contribution in [2.45, 2.75) is 10.6 Å². The number of benzene rings is 2. The van der Waals surface area contributed by atoms with Crippen molar-refractivity contribution in [3.8, 4) is 0 Å². The molecule has 0 bridgehead atoms.